The summed E-state index contributed by atoms with van der Waals surface area (Å²) < 4.78 is 25.7. The van der Waals surface area contributed by atoms with Crippen LogP contribution in [0.25, 0.3) is 0 Å². The molecule has 16 heavy (non-hydrogen) atoms. The molecule has 0 saturated heterocycles. The van der Waals surface area contributed by atoms with Crippen LogP contribution in [-0.4, -0.2) is 22.1 Å². The van der Waals surface area contributed by atoms with Gasteiger partial charge in [-0.05, 0) is 12.1 Å². The van der Waals surface area contributed by atoms with Crippen LogP contribution in [0.5, 0.6) is 0 Å². The van der Waals surface area contributed by atoms with E-state index in [1.807, 2.05) is 0 Å². The van der Waals surface area contributed by atoms with Gasteiger partial charge in [0.2, 0.25) is 0 Å². The average Bonchev–Trinajstić information content (AvgIpc) is 2.30. The number of aliphatic hydroxyl groups is 2. The number of nitrogens with zero attached hydrogens (tertiary/aromatic N) is 1. The van der Waals surface area contributed by atoms with Gasteiger partial charge in [0.25, 0.3) is 0 Å². The van der Waals surface area contributed by atoms with Crippen LogP contribution in [0, 0.1) is 23.0 Å². The fourth-order valence-corrected chi connectivity index (χ4v) is 1.41. The fraction of sp³-hybridized carbons (Fsp3) is 0.300. The highest BCUT2D eigenvalue weighted by molar-refractivity contribution is 7.80. The zero-order valence-electron chi connectivity index (χ0n) is 8.06. The molecule has 0 aromatic heterocycles. The van der Waals surface area contributed by atoms with Crippen molar-refractivity contribution in [1.82, 2.24) is 0 Å². The molecule has 1 rings (SSSR count). The minimum absolute atomic E-state index is 0.0645. The van der Waals surface area contributed by atoms with Crippen LogP contribution >= 0.6 is 12.6 Å². The lowest BCUT2D eigenvalue weighted by molar-refractivity contribution is 0.0333. The summed E-state index contributed by atoms with van der Waals surface area (Å²) in [6.45, 7) is 0. The molecular formula is C10H9F2NO2S. The van der Waals surface area contributed by atoms with E-state index in [2.05, 4.69) is 12.6 Å². The van der Waals surface area contributed by atoms with Gasteiger partial charge in [-0.25, -0.2) is 8.78 Å². The van der Waals surface area contributed by atoms with Crippen molar-refractivity contribution < 1.29 is 19.0 Å². The summed E-state index contributed by atoms with van der Waals surface area (Å²) in [6.07, 6.45) is -2.72. The smallest absolute Gasteiger partial charge is 0.160 e. The Bertz CT molecular complexity index is 434. The minimum atomic E-state index is -1.47. The Hall–Kier alpha value is -1.16. The Morgan fingerprint density at radius 3 is 2.38 bits per heavy atom. The predicted molar refractivity (Wildman–Crippen MR) is 55.9 cm³/mol. The first kappa shape index (κ1) is 12.9. The molecule has 2 atom stereocenters. The number of halogens is 2. The molecule has 0 spiro atoms. The number of aliphatic hydroxyl groups excluding tert-OH is 2. The van der Waals surface area contributed by atoms with Crippen molar-refractivity contribution in [2.24, 2.45) is 0 Å². The lowest BCUT2D eigenvalue weighted by Crippen LogP contribution is -2.21. The molecule has 2 N–H and O–H groups in total. The molecule has 0 bridgehead atoms. The third-order valence-electron chi connectivity index (χ3n) is 2.08. The number of rotatable bonds is 3. The maximum absolute atomic E-state index is 12.9. The van der Waals surface area contributed by atoms with Crippen LogP contribution in [0.3, 0.4) is 0 Å². The predicted octanol–water partition coefficient (Wildman–Crippen LogP) is 1.16. The highest BCUT2D eigenvalue weighted by Gasteiger charge is 2.22. The molecule has 86 valence electrons. The van der Waals surface area contributed by atoms with Gasteiger partial charge in [-0.1, -0.05) is 0 Å². The SMILES string of the molecule is N#Cc1cc(F)c(F)cc1C(O)C(O)CS. The molecule has 0 aliphatic heterocycles. The molecule has 0 amide bonds. The molecule has 1 aromatic rings. The number of thiol groups is 1. The van der Waals surface area contributed by atoms with Crippen LogP contribution in [0.1, 0.15) is 17.2 Å². The molecule has 0 aliphatic carbocycles. The first-order valence-corrected chi connectivity index (χ1v) is 5.00. The molecule has 6 heteroatoms. The molecule has 0 aliphatic rings. The molecule has 0 heterocycles. The van der Waals surface area contributed by atoms with E-state index in [-0.39, 0.29) is 16.9 Å². The van der Waals surface area contributed by atoms with E-state index in [1.54, 1.807) is 6.07 Å². The highest BCUT2D eigenvalue weighted by atomic mass is 32.1. The summed E-state index contributed by atoms with van der Waals surface area (Å²) in [5, 5.41) is 27.6. The topological polar surface area (TPSA) is 64.2 Å². The summed E-state index contributed by atoms with van der Waals surface area (Å²) in [5.74, 6) is -2.42. The molecule has 3 nitrogen and oxygen atoms in total. The summed E-state index contributed by atoms with van der Waals surface area (Å²) in [5.41, 5.74) is -0.366. The van der Waals surface area contributed by atoms with E-state index in [1.165, 1.54) is 0 Å². The van der Waals surface area contributed by atoms with Crippen molar-refractivity contribution in [1.29, 1.82) is 5.26 Å². The Labute approximate surface area is 96.4 Å². The number of hydrogen-bond acceptors (Lipinski definition) is 4. The average molecular weight is 245 g/mol. The van der Waals surface area contributed by atoms with E-state index in [4.69, 9.17) is 5.26 Å². The van der Waals surface area contributed by atoms with Gasteiger partial charge in [0.05, 0.1) is 17.7 Å². The second-order valence-corrected chi connectivity index (χ2v) is 3.53. The van der Waals surface area contributed by atoms with Crippen molar-refractivity contribution in [3.63, 3.8) is 0 Å². The molecule has 1 aromatic carbocycles. The fourth-order valence-electron chi connectivity index (χ4n) is 1.21. The van der Waals surface area contributed by atoms with Crippen LogP contribution in [0.2, 0.25) is 0 Å². The molecule has 0 radical (unpaired) electrons. The summed E-state index contributed by atoms with van der Waals surface area (Å²) in [6, 6.07) is 3.00. The number of hydrogen-bond donors (Lipinski definition) is 3. The van der Waals surface area contributed by atoms with E-state index in [0.29, 0.717) is 12.1 Å². The normalized spacial score (nSPS) is 14.2. The van der Waals surface area contributed by atoms with Crippen molar-refractivity contribution in [2.45, 2.75) is 12.2 Å². The Balaban J connectivity index is 3.23. The van der Waals surface area contributed by atoms with Crippen molar-refractivity contribution in [3.8, 4) is 6.07 Å². The molecule has 0 saturated carbocycles. The minimum Gasteiger partial charge on any atom is -0.389 e. The Morgan fingerprint density at radius 2 is 1.88 bits per heavy atom. The van der Waals surface area contributed by atoms with Gasteiger partial charge >= 0.3 is 0 Å². The maximum atomic E-state index is 12.9. The van der Waals surface area contributed by atoms with Crippen molar-refractivity contribution >= 4 is 12.6 Å². The monoisotopic (exact) mass is 245 g/mol. The molecule has 2 unspecified atom stereocenters. The van der Waals surface area contributed by atoms with Gasteiger partial charge in [0.1, 0.15) is 6.10 Å². The zero-order chi connectivity index (χ0) is 12.3. The first-order valence-electron chi connectivity index (χ1n) is 4.37. The quantitative estimate of drug-likeness (QED) is 0.700. The summed E-state index contributed by atoms with van der Waals surface area (Å²) in [4.78, 5) is 0. The molecule has 0 fully saturated rings. The Morgan fingerprint density at radius 1 is 1.31 bits per heavy atom. The van der Waals surface area contributed by atoms with Crippen LogP contribution in [0.15, 0.2) is 12.1 Å². The van der Waals surface area contributed by atoms with Crippen LogP contribution in [-0.2, 0) is 0 Å². The van der Waals surface area contributed by atoms with Crippen LogP contribution in [0.4, 0.5) is 8.78 Å². The zero-order valence-corrected chi connectivity index (χ0v) is 8.96. The third kappa shape index (κ3) is 2.50. The lowest BCUT2D eigenvalue weighted by Gasteiger charge is -2.17. The van der Waals surface area contributed by atoms with Gasteiger partial charge in [0, 0.05) is 11.3 Å². The van der Waals surface area contributed by atoms with E-state index in [9.17, 15) is 19.0 Å². The number of benzene rings is 1. The Kier molecular flexibility index (Phi) is 4.24. The summed E-state index contributed by atoms with van der Waals surface area (Å²) in [7, 11) is 0. The second-order valence-electron chi connectivity index (χ2n) is 3.16. The first-order chi connectivity index (χ1) is 7.51. The van der Waals surface area contributed by atoms with Gasteiger partial charge < -0.3 is 10.2 Å². The van der Waals surface area contributed by atoms with E-state index < -0.39 is 23.8 Å². The van der Waals surface area contributed by atoms with Gasteiger partial charge in [-0.15, -0.1) is 0 Å². The largest absolute Gasteiger partial charge is 0.389 e. The number of nitriles is 1. The summed E-state index contributed by atoms with van der Waals surface area (Å²) >= 11 is 3.75. The van der Waals surface area contributed by atoms with Gasteiger partial charge in [-0.3, -0.25) is 0 Å². The van der Waals surface area contributed by atoms with Crippen molar-refractivity contribution in [3.05, 3.63) is 34.9 Å². The standard InChI is InChI=1S/C10H9F2NO2S/c11-7-1-5(3-13)6(2-8(7)12)10(15)9(14)4-16/h1-2,9-10,14-16H,4H2. The van der Waals surface area contributed by atoms with Crippen molar-refractivity contribution in [2.75, 3.05) is 5.75 Å². The van der Waals surface area contributed by atoms with Gasteiger partial charge in [-0.2, -0.15) is 17.9 Å². The highest BCUT2D eigenvalue weighted by Crippen LogP contribution is 2.24. The third-order valence-corrected chi connectivity index (χ3v) is 2.46. The maximum Gasteiger partial charge on any atom is 0.160 e. The lowest BCUT2D eigenvalue weighted by atomic mass is 9.99. The van der Waals surface area contributed by atoms with Crippen LogP contribution < -0.4 is 0 Å². The second kappa shape index (κ2) is 5.25. The van der Waals surface area contributed by atoms with E-state index in [0.717, 1.165) is 0 Å². The molecular weight excluding hydrogens is 236 g/mol. The van der Waals surface area contributed by atoms with E-state index >= 15 is 0 Å². The van der Waals surface area contributed by atoms with Gasteiger partial charge in [0.15, 0.2) is 11.6 Å².